The van der Waals surface area contributed by atoms with Crippen molar-refractivity contribution in [3.63, 3.8) is 0 Å². The second kappa shape index (κ2) is 5.87. The van der Waals surface area contributed by atoms with Crippen LogP contribution in [0.15, 0.2) is 18.6 Å². The Hall–Kier alpha value is -2.84. The molecule has 2 N–H and O–H groups in total. The number of hydrogen-bond acceptors (Lipinski definition) is 6. The van der Waals surface area contributed by atoms with Crippen LogP contribution in [0.1, 0.15) is 21.9 Å². The van der Waals surface area contributed by atoms with Gasteiger partial charge < -0.3 is 10.4 Å². The van der Waals surface area contributed by atoms with Gasteiger partial charge >= 0.3 is 5.97 Å². The molecule has 2 aromatic heterocycles. The topological polar surface area (TPSA) is 123 Å². The van der Waals surface area contributed by atoms with Gasteiger partial charge in [0.25, 0.3) is 5.91 Å². The van der Waals surface area contributed by atoms with Crippen LogP contribution in [0.5, 0.6) is 0 Å². The highest BCUT2D eigenvalue weighted by Gasteiger charge is 2.11. The molecule has 2 aromatic rings. The maximum Gasteiger partial charge on any atom is 0.325 e. The molecule has 0 fully saturated rings. The summed E-state index contributed by atoms with van der Waals surface area (Å²) in [5, 5.41) is 18.3. The first-order valence-electron chi connectivity index (χ1n) is 5.72. The molecule has 0 aliphatic heterocycles. The molecule has 0 aromatic carbocycles. The molecule has 2 heterocycles. The van der Waals surface area contributed by atoms with E-state index in [-0.39, 0.29) is 18.8 Å². The molecule has 0 spiro atoms. The number of aromatic nitrogens is 5. The fourth-order valence-corrected chi connectivity index (χ4v) is 1.39. The first-order chi connectivity index (χ1) is 9.54. The van der Waals surface area contributed by atoms with E-state index < -0.39 is 11.9 Å². The van der Waals surface area contributed by atoms with Gasteiger partial charge in [0.2, 0.25) is 0 Å². The zero-order valence-electron chi connectivity index (χ0n) is 10.6. The molecule has 9 nitrogen and oxygen atoms in total. The van der Waals surface area contributed by atoms with Crippen LogP contribution in [0, 0.1) is 6.92 Å². The Morgan fingerprint density at radius 2 is 2.15 bits per heavy atom. The van der Waals surface area contributed by atoms with E-state index in [1.54, 1.807) is 12.4 Å². The monoisotopic (exact) mass is 276 g/mol. The Labute approximate surface area is 113 Å². The first-order valence-corrected chi connectivity index (χ1v) is 5.72. The molecule has 0 saturated heterocycles. The lowest BCUT2D eigenvalue weighted by Crippen LogP contribution is -2.23. The SMILES string of the molecule is Cc1cnc(CNC(=O)c2cn(CC(=O)O)nn2)cn1. The summed E-state index contributed by atoms with van der Waals surface area (Å²) in [4.78, 5) is 30.4. The number of carboxylic acid groups (broad SMARTS) is 1. The van der Waals surface area contributed by atoms with E-state index in [4.69, 9.17) is 5.11 Å². The van der Waals surface area contributed by atoms with Crippen LogP contribution in [-0.2, 0) is 17.9 Å². The highest BCUT2D eigenvalue weighted by Crippen LogP contribution is 1.97. The van der Waals surface area contributed by atoms with Gasteiger partial charge in [0.1, 0.15) is 6.54 Å². The molecular formula is C11H12N6O3. The lowest BCUT2D eigenvalue weighted by Gasteiger charge is -2.02. The van der Waals surface area contributed by atoms with Crippen LogP contribution in [0.25, 0.3) is 0 Å². The second-order valence-electron chi connectivity index (χ2n) is 4.03. The molecule has 1 amide bonds. The second-order valence-corrected chi connectivity index (χ2v) is 4.03. The van der Waals surface area contributed by atoms with Gasteiger partial charge in [-0.15, -0.1) is 5.10 Å². The molecule has 0 bridgehead atoms. The van der Waals surface area contributed by atoms with Crippen molar-refractivity contribution < 1.29 is 14.7 Å². The van der Waals surface area contributed by atoms with Crippen molar-refractivity contribution in [2.24, 2.45) is 0 Å². The van der Waals surface area contributed by atoms with Crippen LogP contribution >= 0.6 is 0 Å². The number of hydrogen-bond donors (Lipinski definition) is 2. The number of carbonyl (C=O) groups excluding carboxylic acids is 1. The largest absolute Gasteiger partial charge is 0.480 e. The van der Waals surface area contributed by atoms with Gasteiger partial charge in [0.05, 0.1) is 30.3 Å². The summed E-state index contributed by atoms with van der Waals surface area (Å²) in [5.41, 5.74) is 1.45. The maximum absolute atomic E-state index is 11.8. The third-order valence-electron chi connectivity index (χ3n) is 2.33. The smallest absolute Gasteiger partial charge is 0.325 e. The van der Waals surface area contributed by atoms with Crippen LogP contribution in [0.3, 0.4) is 0 Å². The molecule has 9 heteroatoms. The number of aryl methyl sites for hydroxylation is 1. The molecule has 0 saturated carbocycles. The van der Waals surface area contributed by atoms with Crippen LogP contribution in [0.2, 0.25) is 0 Å². The standard InChI is InChI=1S/C11H12N6O3/c1-7-2-13-8(3-12-7)4-14-11(20)9-5-17(16-15-9)6-10(18)19/h2-3,5H,4,6H2,1H3,(H,14,20)(H,18,19). The van der Waals surface area contributed by atoms with E-state index in [1.807, 2.05) is 6.92 Å². The Bertz CT molecular complexity index is 621. The third-order valence-corrected chi connectivity index (χ3v) is 2.33. The Kier molecular flexibility index (Phi) is 3.99. The van der Waals surface area contributed by atoms with E-state index in [1.165, 1.54) is 6.20 Å². The number of aliphatic carboxylic acids is 1. The van der Waals surface area contributed by atoms with Gasteiger partial charge in [-0.1, -0.05) is 5.21 Å². The number of carbonyl (C=O) groups is 2. The summed E-state index contributed by atoms with van der Waals surface area (Å²) in [6.07, 6.45) is 4.44. The number of rotatable bonds is 5. The van der Waals surface area contributed by atoms with E-state index in [0.717, 1.165) is 10.4 Å². The zero-order valence-corrected chi connectivity index (χ0v) is 10.6. The Morgan fingerprint density at radius 1 is 1.35 bits per heavy atom. The summed E-state index contributed by atoms with van der Waals surface area (Å²) < 4.78 is 1.07. The quantitative estimate of drug-likeness (QED) is 0.746. The van der Waals surface area contributed by atoms with Crippen molar-refractivity contribution in [1.82, 2.24) is 30.3 Å². The molecular weight excluding hydrogens is 264 g/mol. The normalized spacial score (nSPS) is 10.2. The van der Waals surface area contributed by atoms with Crippen molar-refractivity contribution in [1.29, 1.82) is 0 Å². The minimum atomic E-state index is -1.06. The van der Waals surface area contributed by atoms with Gasteiger partial charge in [-0.05, 0) is 6.92 Å². The summed E-state index contributed by atoms with van der Waals surface area (Å²) >= 11 is 0. The van der Waals surface area contributed by atoms with Gasteiger partial charge in [0.15, 0.2) is 5.69 Å². The Balaban J connectivity index is 1.93. The lowest BCUT2D eigenvalue weighted by atomic mass is 10.4. The van der Waals surface area contributed by atoms with Crippen molar-refractivity contribution in [2.45, 2.75) is 20.0 Å². The van der Waals surface area contributed by atoms with Crippen LogP contribution in [0.4, 0.5) is 0 Å². The van der Waals surface area contributed by atoms with Crippen LogP contribution in [-0.4, -0.2) is 41.9 Å². The molecule has 0 unspecified atom stereocenters. The average molecular weight is 276 g/mol. The molecule has 0 radical (unpaired) electrons. The highest BCUT2D eigenvalue weighted by molar-refractivity contribution is 5.91. The van der Waals surface area contributed by atoms with E-state index >= 15 is 0 Å². The summed E-state index contributed by atoms with van der Waals surface area (Å²) in [6.45, 7) is 1.68. The van der Waals surface area contributed by atoms with Gasteiger partial charge in [-0.2, -0.15) is 0 Å². The number of nitrogens with zero attached hydrogens (tertiary/aromatic N) is 5. The van der Waals surface area contributed by atoms with Crippen molar-refractivity contribution >= 4 is 11.9 Å². The van der Waals surface area contributed by atoms with Gasteiger partial charge in [-0.25, -0.2) is 4.68 Å². The summed E-state index contributed by atoms with van der Waals surface area (Å²) in [7, 11) is 0. The summed E-state index contributed by atoms with van der Waals surface area (Å²) in [5.74, 6) is -1.51. The fourth-order valence-electron chi connectivity index (χ4n) is 1.39. The lowest BCUT2D eigenvalue weighted by molar-refractivity contribution is -0.137. The van der Waals surface area contributed by atoms with E-state index in [2.05, 4.69) is 25.6 Å². The van der Waals surface area contributed by atoms with Crippen molar-refractivity contribution in [3.05, 3.63) is 35.7 Å². The Morgan fingerprint density at radius 3 is 2.80 bits per heavy atom. The first kappa shape index (κ1) is 13.6. The number of nitrogens with one attached hydrogen (secondary N) is 1. The average Bonchev–Trinajstić information content (AvgIpc) is 2.85. The molecule has 0 atom stereocenters. The van der Waals surface area contributed by atoms with E-state index in [0.29, 0.717) is 5.69 Å². The van der Waals surface area contributed by atoms with Gasteiger partial charge in [0, 0.05) is 6.20 Å². The minimum Gasteiger partial charge on any atom is -0.480 e. The maximum atomic E-state index is 11.8. The van der Waals surface area contributed by atoms with E-state index in [9.17, 15) is 9.59 Å². The molecule has 20 heavy (non-hydrogen) atoms. The summed E-state index contributed by atoms with van der Waals surface area (Å²) in [6, 6.07) is 0. The highest BCUT2D eigenvalue weighted by atomic mass is 16.4. The van der Waals surface area contributed by atoms with Crippen LogP contribution < -0.4 is 5.32 Å². The predicted molar refractivity (Wildman–Crippen MR) is 65.6 cm³/mol. The predicted octanol–water partition coefficient (Wildman–Crippen LogP) is -0.609. The van der Waals surface area contributed by atoms with Crippen molar-refractivity contribution in [3.8, 4) is 0 Å². The fraction of sp³-hybridized carbons (Fsp3) is 0.273. The van der Waals surface area contributed by atoms with Gasteiger partial charge in [-0.3, -0.25) is 19.6 Å². The molecule has 0 aliphatic carbocycles. The van der Waals surface area contributed by atoms with Crippen molar-refractivity contribution in [2.75, 3.05) is 0 Å². The zero-order chi connectivity index (χ0) is 14.5. The number of carboxylic acids is 1. The third kappa shape index (κ3) is 3.57. The molecule has 104 valence electrons. The molecule has 0 aliphatic rings. The molecule has 2 rings (SSSR count). The number of amides is 1. The minimum absolute atomic E-state index is 0.0475.